The Balaban J connectivity index is 1.41. The number of hydrogen-bond donors (Lipinski definition) is 0. The number of rotatable bonds is 11. The van der Waals surface area contributed by atoms with Gasteiger partial charge in [0, 0.05) is 31.7 Å². The Kier molecular flexibility index (Phi) is 9.17. The van der Waals surface area contributed by atoms with Gasteiger partial charge in [-0.1, -0.05) is 18.2 Å². The number of carbonyl (C=O) groups is 1. The summed E-state index contributed by atoms with van der Waals surface area (Å²) in [6.45, 7) is 0.800. The minimum atomic E-state index is -0.538. The van der Waals surface area contributed by atoms with Gasteiger partial charge >= 0.3 is 5.97 Å². The van der Waals surface area contributed by atoms with Crippen LogP contribution in [0.5, 0.6) is 11.5 Å². The molecule has 0 radical (unpaired) electrons. The molecule has 8 nitrogen and oxygen atoms in total. The van der Waals surface area contributed by atoms with Gasteiger partial charge in [-0.15, -0.1) is 0 Å². The summed E-state index contributed by atoms with van der Waals surface area (Å²) in [7, 11) is 4.43. The maximum atomic E-state index is 15.6. The molecule has 0 bridgehead atoms. The van der Waals surface area contributed by atoms with Gasteiger partial charge in [0.2, 0.25) is 0 Å². The topological polar surface area (TPSA) is 95.6 Å². The number of fused-ring (bicyclic) bond motifs is 1. The zero-order valence-electron chi connectivity index (χ0n) is 24.4. The number of nitrogens with zero attached hydrogens (tertiary/aromatic N) is 3. The number of esters is 1. The van der Waals surface area contributed by atoms with Crippen LogP contribution in [0.2, 0.25) is 0 Å². The number of halogens is 2. The third-order valence-corrected chi connectivity index (χ3v) is 7.19. The third kappa shape index (κ3) is 6.53. The highest BCUT2D eigenvalue weighted by molar-refractivity contribution is 5.93. The van der Waals surface area contributed by atoms with E-state index < -0.39 is 17.6 Å². The Bertz CT molecular complexity index is 1880. The predicted octanol–water partition coefficient (Wildman–Crippen LogP) is 6.46. The lowest BCUT2D eigenvalue weighted by Gasteiger charge is -2.13. The van der Waals surface area contributed by atoms with Crippen LogP contribution in [0.4, 0.5) is 8.78 Å². The van der Waals surface area contributed by atoms with Gasteiger partial charge in [-0.3, -0.25) is 0 Å². The van der Waals surface area contributed by atoms with Crippen LogP contribution in [0.25, 0.3) is 22.2 Å². The van der Waals surface area contributed by atoms with Crippen LogP contribution >= 0.6 is 0 Å². The van der Waals surface area contributed by atoms with Crippen LogP contribution in [0.15, 0.2) is 72.8 Å². The second-order valence-electron chi connectivity index (χ2n) is 9.95. The minimum Gasteiger partial charge on any atom is -0.497 e. The fourth-order valence-corrected chi connectivity index (χ4v) is 4.86. The van der Waals surface area contributed by atoms with Crippen molar-refractivity contribution in [1.82, 2.24) is 9.55 Å². The highest BCUT2D eigenvalue weighted by atomic mass is 19.1. The molecule has 0 amide bonds. The first-order chi connectivity index (χ1) is 21.3. The molecule has 5 aromatic rings. The second kappa shape index (κ2) is 13.4. The Morgan fingerprint density at radius 1 is 0.886 bits per heavy atom. The van der Waals surface area contributed by atoms with Crippen molar-refractivity contribution in [1.29, 1.82) is 5.26 Å². The van der Waals surface area contributed by atoms with Gasteiger partial charge in [-0.2, -0.15) is 5.26 Å². The molecule has 0 N–H and O–H groups in total. The van der Waals surface area contributed by atoms with Crippen LogP contribution in [0.1, 0.15) is 32.9 Å². The third-order valence-electron chi connectivity index (χ3n) is 7.19. The van der Waals surface area contributed by atoms with Gasteiger partial charge in [0.25, 0.3) is 0 Å². The van der Waals surface area contributed by atoms with Gasteiger partial charge < -0.3 is 23.5 Å². The summed E-state index contributed by atoms with van der Waals surface area (Å²) in [5.41, 5.74) is 3.98. The highest BCUT2D eigenvalue weighted by Gasteiger charge is 2.17. The second-order valence-corrected chi connectivity index (χ2v) is 9.95. The minimum absolute atomic E-state index is 0.0668. The molecule has 0 aliphatic carbocycles. The molecule has 0 aliphatic rings. The zero-order chi connectivity index (χ0) is 31.2. The molecule has 0 atom stereocenters. The van der Waals surface area contributed by atoms with Crippen molar-refractivity contribution in [3.8, 4) is 28.7 Å². The van der Waals surface area contributed by atoms with Gasteiger partial charge in [-0.05, 0) is 65.2 Å². The van der Waals surface area contributed by atoms with Crippen LogP contribution in [0.3, 0.4) is 0 Å². The van der Waals surface area contributed by atoms with E-state index >= 15 is 4.39 Å². The van der Waals surface area contributed by atoms with E-state index in [0.717, 1.165) is 11.6 Å². The maximum absolute atomic E-state index is 15.6. The fraction of sp³-hybridized carbons (Fsp3) is 0.206. The summed E-state index contributed by atoms with van der Waals surface area (Å²) in [6.07, 6.45) is 0.209. The van der Waals surface area contributed by atoms with Crippen LogP contribution in [-0.4, -0.2) is 43.5 Å². The van der Waals surface area contributed by atoms with Crippen LogP contribution in [0, 0.1) is 23.0 Å². The first-order valence-corrected chi connectivity index (χ1v) is 13.7. The molecule has 1 aromatic heterocycles. The van der Waals surface area contributed by atoms with Crippen LogP contribution in [-0.2, 0) is 29.0 Å². The number of hydrogen-bond acceptors (Lipinski definition) is 7. The van der Waals surface area contributed by atoms with E-state index in [2.05, 4.69) is 0 Å². The van der Waals surface area contributed by atoms with Crippen molar-refractivity contribution in [3.05, 3.63) is 113 Å². The quantitative estimate of drug-likeness (QED) is 0.161. The fourth-order valence-electron chi connectivity index (χ4n) is 4.86. The highest BCUT2D eigenvalue weighted by Crippen LogP contribution is 2.32. The van der Waals surface area contributed by atoms with E-state index in [1.807, 2.05) is 10.6 Å². The lowest BCUT2D eigenvalue weighted by molar-refractivity contribution is 0.0601. The summed E-state index contributed by atoms with van der Waals surface area (Å²) in [6, 6.07) is 21.3. The van der Waals surface area contributed by atoms with Crippen LogP contribution < -0.4 is 9.47 Å². The molecule has 1 heterocycles. The van der Waals surface area contributed by atoms with E-state index in [1.165, 1.54) is 32.4 Å². The first kappa shape index (κ1) is 30.2. The largest absolute Gasteiger partial charge is 0.497 e. The molecule has 224 valence electrons. The number of ether oxygens (including phenoxy) is 4. The van der Waals surface area contributed by atoms with Crippen molar-refractivity contribution >= 4 is 17.0 Å². The number of imidazole rings is 1. The Labute approximate surface area is 253 Å². The van der Waals surface area contributed by atoms with E-state index in [-0.39, 0.29) is 18.6 Å². The predicted molar refractivity (Wildman–Crippen MR) is 160 cm³/mol. The smallest absolute Gasteiger partial charge is 0.337 e. The standard InChI is InChI=1S/C34H29F2N3O5/c1-41-11-10-39-32-16-24(34(40)43-3)8-9-31(32)38-33(39)17-23-7-6-22(15-30(23)36)26-13-27(42-2)18-28(14-26)44-20-25-5-4-21(19-37)12-29(25)35/h4-9,12-16,18H,10-11,17,20H2,1-3H3. The first-order valence-electron chi connectivity index (χ1n) is 13.7. The normalized spacial score (nSPS) is 10.9. The van der Waals surface area contributed by atoms with Gasteiger partial charge in [0.1, 0.15) is 35.6 Å². The average Bonchev–Trinajstić information content (AvgIpc) is 3.39. The molecule has 0 saturated heterocycles. The molecule has 0 spiro atoms. The Morgan fingerprint density at radius 3 is 2.36 bits per heavy atom. The van der Waals surface area contributed by atoms with Crippen molar-refractivity contribution < 1.29 is 32.5 Å². The van der Waals surface area contributed by atoms with Gasteiger partial charge in [0.15, 0.2) is 0 Å². The summed E-state index contributed by atoms with van der Waals surface area (Å²) in [5, 5.41) is 8.96. The zero-order valence-corrected chi connectivity index (χ0v) is 24.4. The number of carbonyl (C=O) groups excluding carboxylic acids is 1. The number of benzene rings is 4. The monoisotopic (exact) mass is 597 g/mol. The summed E-state index contributed by atoms with van der Waals surface area (Å²) in [5.74, 6) is 0.101. The van der Waals surface area contributed by atoms with Crippen molar-refractivity contribution in [3.63, 3.8) is 0 Å². The molecular weight excluding hydrogens is 568 g/mol. The summed E-state index contributed by atoms with van der Waals surface area (Å²) < 4.78 is 53.3. The van der Waals surface area contributed by atoms with Gasteiger partial charge in [-0.25, -0.2) is 18.6 Å². The number of nitriles is 1. The Hall–Kier alpha value is -5.27. The van der Waals surface area contributed by atoms with E-state index in [4.69, 9.17) is 29.2 Å². The molecule has 0 fully saturated rings. The maximum Gasteiger partial charge on any atom is 0.337 e. The number of methoxy groups -OCH3 is 3. The molecule has 0 unspecified atom stereocenters. The molecular formula is C34H29F2N3O5. The van der Waals surface area contributed by atoms with Crippen molar-refractivity contribution in [2.75, 3.05) is 27.9 Å². The van der Waals surface area contributed by atoms with Crippen molar-refractivity contribution in [2.24, 2.45) is 0 Å². The molecule has 10 heteroatoms. The van der Waals surface area contributed by atoms with Gasteiger partial charge in [0.05, 0.1) is 49.1 Å². The average molecular weight is 598 g/mol. The van der Waals surface area contributed by atoms with E-state index in [9.17, 15) is 9.18 Å². The SMILES string of the molecule is COCCn1c(Cc2ccc(-c3cc(OC)cc(OCc4ccc(C#N)cc4F)c3)cc2F)nc2ccc(C(=O)OC)cc21. The van der Waals surface area contributed by atoms with E-state index in [1.54, 1.807) is 55.6 Å². The molecule has 44 heavy (non-hydrogen) atoms. The summed E-state index contributed by atoms with van der Waals surface area (Å²) >= 11 is 0. The van der Waals surface area contributed by atoms with E-state index in [0.29, 0.717) is 63.8 Å². The summed E-state index contributed by atoms with van der Waals surface area (Å²) in [4.78, 5) is 16.8. The molecule has 5 rings (SSSR count). The lowest BCUT2D eigenvalue weighted by atomic mass is 10.0. The Morgan fingerprint density at radius 2 is 1.66 bits per heavy atom. The number of aromatic nitrogens is 2. The van der Waals surface area contributed by atoms with Crippen molar-refractivity contribution in [2.45, 2.75) is 19.6 Å². The molecule has 4 aromatic carbocycles. The molecule has 0 saturated carbocycles. The molecule has 0 aliphatic heterocycles. The lowest BCUT2D eigenvalue weighted by Crippen LogP contribution is -2.10.